The molecule has 0 radical (unpaired) electrons. The summed E-state index contributed by atoms with van der Waals surface area (Å²) in [6, 6.07) is 21.1. The number of benzene rings is 2. The van der Waals surface area contributed by atoms with Gasteiger partial charge in [-0.2, -0.15) is 0 Å². The zero-order valence-electron chi connectivity index (χ0n) is 15.0. The van der Waals surface area contributed by atoms with E-state index in [4.69, 9.17) is 0 Å². The van der Waals surface area contributed by atoms with E-state index in [1.807, 2.05) is 23.1 Å². The predicted molar refractivity (Wildman–Crippen MR) is 102 cm³/mol. The van der Waals surface area contributed by atoms with Crippen LogP contribution in [0.25, 0.3) is 0 Å². The first-order valence-corrected chi connectivity index (χ1v) is 9.32. The van der Waals surface area contributed by atoms with Gasteiger partial charge in [0, 0.05) is 19.1 Å². The predicted octanol–water partition coefficient (Wildman–Crippen LogP) is 3.82. The van der Waals surface area contributed by atoms with Crippen molar-refractivity contribution in [2.24, 2.45) is 5.92 Å². The molecular weight excluding hydrogens is 308 g/mol. The lowest BCUT2D eigenvalue weighted by atomic mass is 9.90. The Hall–Kier alpha value is -2.13. The number of likely N-dealkylation sites (tertiary alicyclic amines) is 1. The summed E-state index contributed by atoms with van der Waals surface area (Å²) in [6.45, 7) is 4.30. The van der Waals surface area contributed by atoms with Crippen LogP contribution in [0.4, 0.5) is 0 Å². The fourth-order valence-electron chi connectivity index (χ4n) is 3.55. The first-order valence-electron chi connectivity index (χ1n) is 9.32. The van der Waals surface area contributed by atoms with E-state index in [0.717, 1.165) is 32.4 Å². The van der Waals surface area contributed by atoms with Gasteiger partial charge in [0.2, 0.25) is 5.91 Å². The van der Waals surface area contributed by atoms with Gasteiger partial charge >= 0.3 is 0 Å². The number of nitrogens with zero attached hydrogens (tertiary/aromatic N) is 1. The molecule has 1 saturated heterocycles. The van der Waals surface area contributed by atoms with E-state index in [0.29, 0.717) is 12.5 Å². The Kier molecular flexibility index (Phi) is 6.24. The molecule has 1 heterocycles. The molecule has 1 fully saturated rings. The van der Waals surface area contributed by atoms with Gasteiger partial charge in [-0.3, -0.25) is 4.79 Å². The first-order chi connectivity index (χ1) is 12.2. The van der Waals surface area contributed by atoms with Gasteiger partial charge in [-0.25, -0.2) is 0 Å². The molecule has 1 aliphatic rings. The second-order valence-corrected chi connectivity index (χ2v) is 7.03. The topological polar surface area (TPSA) is 32.3 Å². The molecule has 1 amide bonds. The largest absolute Gasteiger partial charge is 0.342 e. The number of piperidine rings is 1. The second-order valence-electron chi connectivity index (χ2n) is 7.03. The van der Waals surface area contributed by atoms with Gasteiger partial charge in [-0.05, 0) is 43.2 Å². The normalized spacial score (nSPS) is 16.6. The maximum absolute atomic E-state index is 12.5. The van der Waals surface area contributed by atoms with Gasteiger partial charge in [-0.15, -0.1) is 0 Å². The lowest BCUT2D eigenvalue weighted by Crippen LogP contribution is -2.43. The zero-order valence-corrected chi connectivity index (χ0v) is 15.0. The van der Waals surface area contributed by atoms with Crippen LogP contribution < -0.4 is 5.32 Å². The van der Waals surface area contributed by atoms with E-state index in [9.17, 15) is 4.79 Å². The van der Waals surface area contributed by atoms with Crippen molar-refractivity contribution in [3.05, 3.63) is 71.8 Å². The molecule has 0 aliphatic carbocycles. The average Bonchev–Trinajstić information content (AvgIpc) is 2.68. The van der Waals surface area contributed by atoms with Crippen molar-refractivity contribution in [3.8, 4) is 0 Å². The summed E-state index contributed by atoms with van der Waals surface area (Å²) in [5.41, 5.74) is 2.63. The third-order valence-electron chi connectivity index (χ3n) is 5.19. The van der Waals surface area contributed by atoms with Crippen molar-refractivity contribution in [1.82, 2.24) is 10.2 Å². The van der Waals surface area contributed by atoms with Gasteiger partial charge < -0.3 is 10.2 Å². The van der Waals surface area contributed by atoms with Gasteiger partial charge in [-0.1, -0.05) is 60.7 Å². The smallest absolute Gasteiger partial charge is 0.236 e. The summed E-state index contributed by atoms with van der Waals surface area (Å²) in [5, 5.41) is 3.36. The van der Waals surface area contributed by atoms with Crippen LogP contribution in [0.3, 0.4) is 0 Å². The molecule has 2 aromatic carbocycles. The Morgan fingerprint density at radius 1 is 1.04 bits per heavy atom. The minimum Gasteiger partial charge on any atom is -0.342 e. The van der Waals surface area contributed by atoms with Crippen LogP contribution in [0.15, 0.2) is 60.7 Å². The molecule has 0 aromatic heterocycles. The molecule has 3 nitrogen and oxygen atoms in total. The third-order valence-corrected chi connectivity index (χ3v) is 5.19. The van der Waals surface area contributed by atoms with Crippen LogP contribution in [-0.2, 0) is 11.2 Å². The van der Waals surface area contributed by atoms with Crippen molar-refractivity contribution in [2.75, 3.05) is 19.6 Å². The lowest BCUT2D eigenvalue weighted by Gasteiger charge is -2.32. The number of nitrogens with one attached hydrogen (secondary N) is 1. The molecule has 3 heteroatoms. The maximum Gasteiger partial charge on any atom is 0.236 e. The number of hydrogen-bond donors (Lipinski definition) is 1. The van der Waals surface area contributed by atoms with E-state index in [2.05, 4.69) is 54.7 Å². The Balaban J connectivity index is 1.41. The molecule has 0 unspecified atom stereocenters. The minimum atomic E-state index is 0.195. The molecule has 0 saturated carbocycles. The lowest BCUT2D eigenvalue weighted by molar-refractivity contribution is -0.131. The Morgan fingerprint density at radius 3 is 2.28 bits per heavy atom. The van der Waals surface area contributed by atoms with Crippen molar-refractivity contribution < 1.29 is 4.79 Å². The molecule has 3 rings (SSSR count). The molecule has 1 N–H and O–H groups in total. The van der Waals surface area contributed by atoms with E-state index >= 15 is 0 Å². The van der Waals surface area contributed by atoms with Crippen molar-refractivity contribution >= 4 is 5.91 Å². The van der Waals surface area contributed by atoms with Gasteiger partial charge in [0.05, 0.1) is 6.54 Å². The fraction of sp³-hybridized carbons (Fsp3) is 0.409. The molecular formula is C22H28N2O. The SMILES string of the molecule is C[C@@H](NCC(=O)N1CCC(Cc2ccccc2)CC1)c1ccccc1. The summed E-state index contributed by atoms with van der Waals surface area (Å²) in [7, 11) is 0. The van der Waals surface area contributed by atoms with Crippen LogP contribution in [0.2, 0.25) is 0 Å². The molecule has 25 heavy (non-hydrogen) atoms. The van der Waals surface area contributed by atoms with Crippen LogP contribution in [0.1, 0.15) is 36.9 Å². The summed E-state index contributed by atoms with van der Waals surface area (Å²) in [4.78, 5) is 14.5. The number of carbonyl (C=O) groups excluding carboxylic acids is 1. The highest BCUT2D eigenvalue weighted by atomic mass is 16.2. The van der Waals surface area contributed by atoms with Gasteiger partial charge in [0.1, 0.15) is 0 Å². The Labute approximate surface area is 151 Å². The van der Waals surface area contributed by atoms with Crippen LogP contribution in [-0.4, -0.2) is 30.4 Å². The minimum absolute atomic E-state index is 0.195. The number of hydrogen-bond acceptors (Lipinski definition) is 2. The standard InChI is InChI=1S/C22H28N2O/c1-18(21-10-6-3-7-11-21)23-17-22(25)24-14-12-20(13-15-24)16-19-8-4-2-5-9-19/h2-11,18,20,23H,12-17H2,1H3/t18-/m1/s1. The molecule has 0 spiro atoms. The van der Waals surface area contributed by atoms with Crippen LogP contribution >= 0.6 is 0 Å². The summed E-state index contributed by atoms with van der Waals surface area (Å²) >= 11 is 0. The fourth-order valence-corrected chi connectivity index (χ4v) is 3.55. The Morgan fingerprint density at radius 2 is 1.64 bits per heavy atom. The Bertz CT molecular complexity index is 648. The third kappa shape index (κ3) is 5.17. The number of carbonyl (C=O) groups is 1. The summed E-state index contributed by atoms with van der Waals surface area (Å²) in [5.74, 6) is 0.920. The molecule has 1 atom stereocenters. The van der Waals surface area contributed by atoms with Gasteiger partial charge in [0.15, 0.2) is 0 Å². The average molecular weight is 336 g/mol. The highest BCUT2D eigenvalue weighted by Gasteiger charge is 2.23. The quantitative estimate of drug-likeness (QED) is 0.870. The van der Waals surface area contributed by atoms with Gasteiger partial charge in [0.25, 0.3) is 0 Å². The highest BCUT2D eigenvalue weighted by molar-refractivity contribution is 5.78. The van der Waals surface area contributed by atoms with Crippen LogP contribution in [0.5, 0.6) is 0 Å². The van der Waals surface area contributed by atoms with E-state index in [-0.39, 0.29) is 11.9 Å². The first kappa shape index (κ1) is 17.7. The van der Waals surface area contributed by atoms with E-state index in [1.165, 1.54) is 11.1 Å². The zero-order chi connectivity index (χ0) is 17.5. The maximum atomic E-state index is 12.5. The van der Waals surface area contributed by atoms with E-state index in [1.54, 1.807) is 0 Å². The number of amides is 1. The number of rotatable bonds is 6. The molecule has 0 bridgehead atoms. The van der Waals surface area contributed by atoms with Crippen LogP contribution in [0, 0.1) is 5.92 Å². The molecule has 2 aromatic rings. The monoisotopic (exact) mass is 336 g/mol. The second kappa shape index (κ2) is 8.82. The summed E-state index contributed by atoms with van der Waals surface area (Å²) < 4.78 is 0. The highest BCUT2D eigenvalue weighted by Crippen LogP contribution is 2.21. The van der Waals surface area contributed by atoms with Crippen molar-refractivity contribution in [3.63, 3.8) is 0 Å². The van der Waals surface area contributed by atoms with Crippen molar-refractivity contribution in [2.45, 2.75) is 32.2 Å². The molecule has 132 valence electrons. The molecule has 1 aliphatic heterocycles. The summed E-state index contributed by atoms with van der Waals surface area (Å²) in [6.07, 6.45) is 3.34. The van der Waals surface area contributed by atoms with E-state index < -0.39 is 0 Å². The van der Waals surface area contributed by atoms with Crippen molar-refractivity contribution in [1.29, 1.82) is 0 Å².